The number of hydrogen-bond acceptors (Lipinski definition) is 6. The molecule has 3 rings (SSSR count). The maximum absolute atomic E-state index is 12.7. The van der Waals surface area contributed by atoms with Crippen molar-refractivity contribution in [2.75, 3.05) is 32.1 Å². The van der Waals surface area contributed by atoms with Crippen molar-refractivity contribution in [2.45, 2.75) is 26.2 Å². The Morgan fingerprint density at radius 2 is 2.12 bits per heavy atom. The Morgan fingerprint density at radius 3 is 2.75 bits per heavy atom. The first-order valence-electron chi connectivity index (χ1n) is 7.87. The summed E-state index contributed by atoms with van der Waals surface area (Å²) in [6.45, 7) is 5.03. The number of nitrogens with zero attached hydrogens (tertiary/aromatic N) is 4. The first kappa shape index (κ1) is 16.6. The van der Waals surface area contributed by atoms with E-state index >= 15 is 0 Å². The molecule has 2 aromatic rings. The van der Waals surface area contributed by atoms with Gasteiger partial charge in [-0.25, -0.2) is 9.97 Å². The van der Waals surface area contributed by atoms with Crippen molar-refractivity contribution in [3.05, 3.63) is 37.7 Å². The number of aryl methyl sites for hydroxylation is 2. The first-order valence-corrected chi connectivity index (χ1v) is 8.68. The number of nitrogens with one attached hydrogen (secondary N) is 1. The van der Waals surface area contributed by atoms with Gasteiger partial charge < -0.3 is 9.80 Å². The summed E-state index contributed by atoms with van der Waals surface area (Å²) < 4.78 is 0. The van der Waals surface area contributed by atoms with Gasteiger partial charge in [0.1, 0.15) is 4.88 Å². The van der Waals surface area contributed by atoms with Crippen LogP contribution in [0.25, 0.3) is 0 Å². The van der Waals surface area contributed by atoms with Crippen LogP contribution in [0.1, 0.15) is 38.4 Å². The second kappa shape index (κ2) is 6.35. The van der Waals surface area contributed by atoms with Gasteiger partial charge in [-0.2, -0.15) is 0 Å². The summed E-state index contributed by atoms with van der Waals surface area (Å²) in [4.78, 5) is 40.4. The topological polar surface area (TPSA) is 82.2 Å². The average molecular weight is 347 g/mol. The fourth-order valence-electron chi connectivity index (χ4n) is 2.94. The predicted molar refractivity (Wildman–Crippen MR) is 94.0 cm³/mol. The Morgan fingerprint density at radius 1 is 1.38 bits per heavy atom. The zero-order chi connectivity index (χ0) is 17.4. The van der Waals surface area contributed by atoms with Crippen molar-refractivity contribution in [1.29, 1.82) is 0 Å². The van der Waals surface area contributed by atoms with Gasteiger partial charge in [0.25, 0.3) is 11.5 Å². The van der Waals surface area contributed by atoms with Gasteiger partial charge >= 0.3 is 0 Å². The highest BCUT2D eigenvalue weighted by molar-refractivity contribution is 7.13. The first-order chi connectivity index (χ1) is 11.3. The SMILES string of the molecule is Cc1nc(C)c(C(=O)N2CCC(c3cc(=O)[nH]c(N(C)C)n3)C2)s1. The van der Waals surface area contributed by atoms with Crippen molar-refractivity contribution in [3.63, 3.8) is 0 Å². The summed E-state index contributed by atoms with van der Waals surface area (Å²) in [6, 6.07) is 1.54. The van der Waals surface area contributed by atoms with Crippen molar-refractivity contribution < 1.29 is 4.79 Å². The van der Waals surface area contributed by atoms with Crippen LogP contribution in [0.3, 0.4) is 0 Å². The van der Waals surface area contributed by atoms with Gasteiger partial charge in [0.05, 0.1) is 16.4 Å². The van der Waals surface area contributed by atoms with E-state index in [1.165, 1.54) is 17.4 Å². The summed E-state index contributed by atoms with van der Waals surface area (Å²) in [7, 11) is 3.67. The maximum atomic E-state index is 12.7. The number of thiazole rings is 1. The molecular formula is C16H21N5O2S. The van der Waals surface area contributed by atoms with Gasteiger partial charge in [-0.3, -0.25) is 14.6 Å². The third-order valence-corrected chi connectivity index (χ3v) is 5.22. The lowest BCUT2D eigenvalue weighted by Gasteiger charge is -2.17. The number of carbonyl (C=O) groups excluding carboxylic acids is 1. The lowest BCUT2D eigenvalue weighted by molar-refractivity contribution is 0.0794. The smallest absolute Gasteiger partial charge is 0.265 e. The van der Waals surface area contributed by atoms with Crippen molar-refractivity contribution in [3.8, 4) is 0 Å². The van der Waals surface area contributed by atoms with Crippen molar-refractivity contribution in [2.24, 2.45) is 0 Å². The van der Waals surface area contributed by atoms with Crippen LogP contribution < -0.4 is 10.5 Å². The van der Waals surface area contributed by atoms with Crippen LogP contribution in [0.15, 0.2) is 10.9 Å². The summed E-state index contributed by atoms with van der Waals surface area (Å²) in [5.74, 6) is 0.652. The van der Waals surface area contributed by atoms with Crippen molar-refractivity contribution >= 4 is 23.2 Å². The van der Waals surface area contributed by atoms with E-state index in [2.05, 4.69) is 15.0 Å². The quantitative estimate of drug-likeness (QED) is 0.911. The van der Waals surface area contributed by atoms with Gasteiger partial charge in [-0.1, -0.05) is 0 Å². The molecule has 1 aliphatic rings. The summed E-state index contributed by atoms with van der Waals surface area (Å²) >= 11 is 1.44. The molecule has 1 aliphatic heterocycles. The second-order valence-electron chi connectivity index (χ2n) is 6.27. The standard InChI is InChI=1S/C16H21N5O2S/c1-9-14(24-10(2)17-9)15(23)21-6-5-11(8-21)12-7-13(22)19-16(18-12)20(3)4/h7,11H,5-6,8H2,1-4H3,(H,18,19,22). The zero-order valence-corrected chi connectivity index (χ0v) is 15.1. The van der Waals surface area contributed by atoms with Crippen LogP contribution in [-0.2, 0) is 0 Å². The number of aromatic amines is 1. The minimum absolute atomic E-state index is 0.0262. The molecule has 24 heavy (non-hydrogen) atoms. The normalized spacial score (nSPS) is 17.3. The molecule has 0 spiro atoms. The highest BCUT2D eigenvalue weighted by atomic mass is 32.1. The van der Waals surface area contributed by atoms with Crippen LogP contribution in [0, 0.1) is 13.8 Å². The van der Waals surface area contributed by atoms with Gasteiger partial charge in [0.15, 0.2) is 0 Å². The third-order valence-electron chi connectivity index (χ3n) is 4.16. The monoisotopic (exact) mass is 347 g/mol. The Labute approximate surface area is 144 Å². The predicted octanol–water partition coefficient (Wildman–Crippen LogP) is 1.54. The average Bonchev–Trinajstić information content (AvgIpc) is 3.12. The van der Waals surface area contributed by atoms with E-state index < -0.39 is 0 Å². The van der Waals surface area contributed by atoms with Gasteiger partial charge in [0, 0.05) is 39.2 Å². The van der Waals surface area contributed by atoms with Crippen LogP contribution in [0.5, 0.6) is 0 Å². The molecule has 2 aromatic heterocycles. The third kappa shape index (κ3) is 3.19. The highest BCUT2D eigenvalue weighted by Crippen LogP contribution is 2.28. The molecule has 8 heteroatoms. The fourth-order valence-corrected chi connectivity index (χ4v) is 3.83. The molecule has 1 amide bonds. The fraction of sp³-hybridized carbons (Fsp3) is 0.500. The minimum Gasteiger partial charge on any atom is -0.348 e. The zero-order valence-electron chi connectivity index (χ0n) is 14.3. The molecular weight excluding hydrogens is 326 g/mol. The van der Waals surface area contributed by atoms with E-state index in [4.69, 9.17) is 0 Å². The number of aromatic nitrogens is 3. The Bertz CT molecular complexity index is 826. The van der Waals surface area contributed by atoms with Crippen molar-refractivity contribution in [1.82, 2.24) is 19.9 Å². The number of carbonyl (C=O) groups is 1. The Kier molecular flexibility index (Phi) is 4.40. The Hall–Kier alpha value is -2.22. The van der Waals surface area contributed by atoms with E-state index in [0.717, 1.165) is 22.8 Å². The minimum atomic E-state index is -0.164. The molecule has 0 bridgehead atoms. The number of H-pyrrole nitrogens is 1. The lowest BCUT2D eigenvalue weighted by Crippen LogP contribution is -2.28. The molecule has 0 saturated carbocycles. The van der Waals surface area contributed by atoms with Gasteiger partial charge in [-0.15, -0.1) is 11.3 Å². The second-order valence-corrected chi connectivity index (χ2v) is 7.48. The van der Waals surface area contributed by atoms with E-state index in [9.17, 15) is 9.59 Å². The molecule has 1 atom stereocenters. The van der Waals surface area contributed by atoms with E-state index in [0.29, 0.717) is 23.9 Å². The summed E-state index contributed by atoms with van der Waals surface area (Å²) in [5, 5.41) is 0.901. The van der Waals surface area contributed by atoms with E-state index in [1.54, 1.807) is 4.90 Å². The molecule has 1 N–H and O–H groups in total. The molecule has 3 heterocycles. The number of amides is 1. The molecule has 0 aromatic carbocycles. The van der Waals surface area contributed by atoms with Crippen LogP contribution in [0.2, 0.25) is 0 Å². The number of hydrogen-bond donors (Lipinski definition) is 1. The molecule has 0 radical (unpaired) electrons. The van der Waals surface area contributed by atoms with Gasteiger partial charge in [-0.05, 0) is 20.3 Å². The molecule has 1 unspecified atom stereocenters. The van der Waals surface area contributed by atoms with Crippen LogP contribution in [-0.4, -0.2) is 52.9 Å². The van der Waals surface area contributed by atoms with E-state index in [1.807, 2.05) is 32.8 Å². The van der Waals surface area contributed by atoms with Gasteiger partial charge in [0.2, 0.25) is 5.95 Å². The van der Waals surface area contributed by atoms with E-state index in [-0.39, 0.29) is 17.4 Å². The van der Waals surface area contributed by atoms with Crippen LogP contribution in [0.4, 0.5) is 5.95 Å². The molecule has 1 fully saturated rings. The van der Waals surface area contributed by atoms with Crippen LogP contribution >= 0.6 is 11.3 Å². The largest absolute Gasteiger partial charge is 0.348 e. The molecule has 0 aliphatic carbocycles. The molecule has 1 saturated heterocycles. The Balaban J connectivity index is 1.79. The molecule has 7 nitrogen and oxygen atoms in total. The summed E-state index contributed by atoms with van der Waals surface area (Å²) in [6.07, 6.45) is 0.811. The summed E-state index contributed by atoms with van der Waals surface area (Å²) in [5.41, 5.74) is 1.37. The number of anilines is 1. The number of rotatable bonds is 3. The highest BCUT2D eigenvalue weighted by Gasteiger charge is 2.31. The lowest BCUT2D eigenvalue weighted by atomic mass is 10.1. The maximum Gasteiger partial charge on any atom is 0.265 e. The number of likely N-dealkylation sites (tertiary alicyclic amines) is 1. The molecule has 128 valence electrons.